The number of ether oxygens (including phenoxy) is 1. The van der Waals surface area contributed by atoms with Crippen LogP contribution in [0.25, 0.3) is 10.9 Å². The van der Waals surface area contributed by atoms with Gasteiger partial charge >= 0.3 is 5.97 Å². The maximum Gasteiger partial charge on any atom is 0.311 e. The van der Waals surface area contributed by atoms with E-state index < -0.39 is 10.0 Å². The van der Waals surface area contributed by atoms with Crippen LogP contribution in [-0.4, -0.2) is 25.2 Å². The van der Waals surface area contributed by atoms with Crippen molar-refractivity contribution in [3.63, 3.8) is 0 Å². The number of rotatable bonds is 7. The van der Waals surface area contributed by atoms with Crippen molar-refractivity contribution in [3.05, 3.63) is 59.8 Å². The molecule has 29 heavy (non-hydrogen) atoms. The molecule has 1 heterocycles. The lowest BCUT2D eigenvalue weighted by Gasteiger charge is -2.24. The second-order valence-corrected chi connectivity index (χ2v) is 10.0. The molecule has 154 valence electrons. The Balaban J connectivity index is 1.75. The van der Waals surface area contributed by atoms with Crippen LogP contribution in [0.5, 0.6) is 5.75 Å². The number of hydrogen-bond donors (Lipinski definition) is 1. The van der Waals surface area contributed by atoms with Crippen LogP contribution in [0.3, 0.4) is 0 Å². The monoisotopic (exact) mass is 434 g/mol. The molecule has 0 aliphatic rings. The van der Waals surface area contributed by atoms with Crippen molar-refractivity contribution in [1.29, 1.82) is 0 Å². The summed E-state index contributed by atoms with van der Waals surface area (Å²) in [6.07, 6.45) is 3.22. The van der Waals surface area contributed by atoms with Crippen molar-refractivity contribution >= 4 is 44.2 Å². The molecule has 0 aliphatic heterocycles. The molecule has 0 unspecified atom stereocenters. The molecule has 0 radical (unpaired) electrons. The molecule has 0 fully saturated rings. The van der Waals surface area contributed by atoms with Crippen molar-refractivity contribution in [1.82, 2.24) is 4.57 Å². The molecule has 3 aromatic rings. The number of aromatic nitrogens is 1. The van der Waals surface area contributed by atoms with Crippen molar-refractivity contribution in [2.75, 3.05) is 11.0 Å². The summed E-state index contributed by atoms with van der Waals surface area (Å²) in [5, 5.41) is 1.31. The van der Waals surface area contributed by atoms with Crippen LogP contribution in [0.4, 0.5) is 5.69 Å². The number of benzene rings is 2. The molecule has 0 saturated heterocycles. The Labute approximate surface area is 175 Å². The second-order valence-electron chi connectivity index (χ2n) is 7.83. The van der Waals surface area contributed by atoms with E-state index in [0.717, 1.165) is 17.2 Å². The van der Waals surface area contributed by atoms with Crippen molar-refractivity contribution < 1.29 is 17.9 Å². The highest BCUT2D eigenvalue weighted by Crippen LogP contribution is 2.30. The number of anilines is 1. The van der Waals surface area contributed by atoms with E-state index in [4.69, 9.17) is 16.3 Å². The van der Waals surface area contributed by atoms with Crippen LogP contribution in [0.2, 0.25) is 5.02 Å². The molecular formula is C21H23ClN2O4S. The first-order valence-electron chi connectivity index (χ1n) is 9.04. The normalized spacial score (nSPS) is 12.1. The first kappa shape index (κ1) is 21.2. The zero-order valence-electron chi connectivity index (χ0n) is 16.5. The molecule has 0 amide bonds. The molecule has 2 aromatic carbocycles. The van der Waals surface area contributed by atoms with Crippen molar-refractivity contribution in [3.8, 4) is 5.75 Å². The van der Waals surface area contributed by atoms with Gasteiger partial charge in [0.15, 0.2) is 0 Å². The molecule has 0 spiro atoms. The number of carbonyl (C=O) groups is 1. The third kappa shape index (κ3) is 5.74. The third-order valence-electron chi connectivity index (χ3n) is 4.36. The smallest absolute Gasteiger partial charge is 0.311 e. The van der Waals surface area contributed by atoms with E-state index in [2.05, 4.69) is 4.72 Å². The number of halogens is 1. The van der Waals surface area contributed by atoms with Gasteiger partial charge in [-0.1, -0.05) is 37.6 Å². The van der Waals surface area contributed by atoms with Crippen LogP contribution in [-0.2, 0) is 21.4 Å². The summed E-state index contributed by atoms with van der Waals surface area (Å²) in [4.78, 5) is 12.4. The first-order valence-corrected chi connectivity index (χ1v) is 11.3. The van der Waals surface area contributed by atoms with Gasteiger partial charge in [0.2, 0.25) is 10.0 Å². The zero-order chi connectivity index (χ0) is 21.2. The SMILES string of the molecule is CC(C)(CC(=O)Oc1cccc(Cl)c1)Cn1ccc2c(NS(C)(=O)=O)cccc21. The van der Waals surface area contributed by atoms with Crippen LogP contribution >= 0.6 is 11.6 Å². The highest BCUT2D eigenvalue weighted by atomic mass is 35.5. The lowest BCUT2D eigenvalue weighted by Crippen LogP contribution is -2.25. The van der Waals surface area contributed by atoms with Gasteiger partial charge in [0.1, 0.15) is 5.75 Å². The minimum atomic E-state index is -3.37. The van der Waals surface area contributed by atoms with E-state index in [-0.39, 0.29) is 17.8 Å². The minimum absolute atomic E-state index is 0.209. The molecule has 6 nitrogen and oxygen atoms in total. The van der Waals surface area contributed by atoms with Gasteiger partial charge in [-0.15, -0.1) is 0 Å². The molecular weight excluding hydrogens is 412 g/mol. The van der Waals surface area contributed by atoms with Crippen LogP contribution in [0, 0.1) is 5.41 Å². The minimum Gasteiger partial charge on any atom is -0.426 e. The Morgan fingerprint density at radius 1 is 1.17 bits per heavy atom. The quantitative estimate of drug-likeness (QED) is 0.432. The molecule has 0 aliphatic carbocycles. The van der Waals surface area contributed by atoms with E-state index in [1.54, 1.807) is 36.4 Å². The van der Waals surface area contributed by atoms with E-state index in [0.29, 0.717) is 23.0 Å². The highest BCUT2D eigenvalue weighted by molar-refractivity contribution is 7.92. The Morgan fingerprint density at radius 3 is 2.59 bits per heavy atom. The summed E-state index contributed by atoms with van der Waals surface area (Å²) in [6, 6.07) is 14.0. The van der Waals surface area contributed by atoms with E-state index in [1.165, 1.54) is 0 Å². The third-order valence-corrected chi connectivity index (χ3v) is 5.18. The summed E-state index contributed by atoms with van der Waals surface area (Å²) in [6.45, 7) is 4.52. The number of nitrogens with one attached hydrogen (secondary N) is 1. The molecule has 8 heteroatoms. The Kier molecular flexibility index (Phi) is 5.91. The molecule has 1 aromatic heterocycles. The fraction of sp³-hybridized carbons (Fsp3) is 0.286. The fourth-order valence-corrected chi connectivity index (χ4v) is 4.01. The van der Waals surface area contributed by atoms with Crippen LogP contribution in [0.1, 0.15) is 20.3 Å². The first-order chi connectivity index (χ1) is 13.5. The van der Waals surface area contributed by atoms with Gasteiger partial charge in [0.05, 0.1) is 23.9 Å². The van der Waals surface area contributed by atoms with Gasteiger partial charge in [-0.05, 0) is 41.8 Å². The predicted molar refractivity (Wildman–Crippen MR) is 116 cm³/mol. The van der Waals surface area contributed by atoms with Crippen LogP contribution in [0.15, 0.2) is 54.7 Å². The van der Waals surface area contributed by atoms with E-state index in [1.807, 2.05) is 36.7 Å². The number of carbonyl (C=O) groups excluding carboxylic acids is 1. The maximum absolute atomic E-state index is 12.4. The Hall–Kier alpha value is -2.51. The number of hydrogen-bond acceptors (Lipinski definition) is 4. The highest BCUT2D eigenvalue weighted by Gasteiger charge is 2.25. The van der Waals surface area contributed by atoms with Gasteiger partial charge in [-0.25, -0.2) is 8.42 Å². The number of sulfonamides is 1. The summed E-state index contributed by atoms with van der Waals surface area (Å²) in [7, 11) is -3.37. The largest absolute Gasteiger partial charge is 0.426 e. The average Bonchev–Trinajstić information content (AvgIpc) is 2.96. The lowest BCUT2D eigenvalue weighted by atomic mass is 9.89. The number of fused-ring (bicyclic) bond motifs is 1. The van der Waals surface area contributed by atoms with Gasteiger partial charge in [-0.3, -0.25) is 9.52 Å². The van der Waals surface area contributed by atoms with E-state index in [9.17, 15) is 13.2 Å². The van der Waals surface area contributed by atoms with Gasteiger partial charge in [-0.2, -0.15) is 0 Å². The zero-order valence-corrected chi connectivity index (χ0v) is 18.0. The second kappa shape index (κ2) is 8.08. The van der Waals surface area contributed by atoms with E-state index >= 15 is 0 Å². The summed E-state index contributed by atoms with van der Waals surface area (Å²) in [5.41, 5.74) is 1.03. The number of nitrogens with zero attached hydrogens (tertiary/aromatic N) is 1. The summed E-state index contributed by atoms with van der Waals surface area (Å²) < 4.78 is 33.1. The predicted octanol–water partition coefficient (Wildman–Crippen LogP) is 4.69. The molecule has 0 saturated carbocycles. The van der Waals surface area contributed by atoms with Crippen molar-refractivity contribution in [2.24, 2.45) is 5.41 Å². The molecule has 0 atom stereocenters. The topological polar surface area (TPSA) is 77.4 Å². The molecule has 3 rings (SSSR count). The molecule has 0 bridgehead atoms. The van der Waals surface area contributed by atoms with Gasteiger partial charge in [0, 0.05) is 23.2 Å². The Bertz CT molecular complexity index is 1150. The lowest BCUT2D eigenvalue weighted by molar-refractivity contribution is -0.136. The number of esters is 1. The van der Waals surface area contributed by atoms with Crippen molar-refractivity contribution in [2.45, 2.75) is 26.8 Å². The Morgan fingerprint density at radius 2 is 1.90 bits per heavy atom. The fourth-order valence-electron chi connectivity index (χ4n) is 3.26. The van der Waals surface area contributed by atoms with Crippen LogP contribution < -0.4 is 9.46 Å². The van der Waals surface area contributed by atoms with Gasteiger partial charge in [0.25, 0.3) is 0 Å². The standard InChI is InChI=1S/C21H23ClN2O4S/c1-21(2,13-20(25)28-16-7-4-6-15(22)12-16)14-24-11-10-17-18(23-29(3,26)27)8-5-9-19(17)24/h4-12,23H,13-14H2,1-3H3. The average molecular weight is 435 g/mol. The maximum atomic E-state index is 12.4. The summed E-state index contributed by atoms with van der Waals surface area (Å²) >= 11 is 5.93. The van der Waals surface area contributed by atoms with Gasteiger partial charge < -0.3 is 9.30 Å². The summed E-state index contributed by atoms with van der Waals surface area (Å²) in [5.74, 6) is 0.0781. The molecule has 1 N–H and O–H groups in total.